The van der Waals surface area contributed by atoms with Gasteiger partial charge >= 0.3 is 0 Å². The van der Waals surface area contributed by atoms with Crippen LogP contribution in [-0.2, 0) is 9.59 Å². The maximum atomic E-state index is 12.4. The minimum atomic E-state index is -1.17. The van der Waals surface area contributed by atoms with E-state index in [1.165, 1.54) is 6.42 Å². The number of ether oxygens (including phenoxy) is 1. The Morgan fingerprint density at radius 3 is 2.33 bits per heavy atom. The van der Waals surface area contributed by atoms with Gasteiger partial charge in [0.25, 0.3) is 0 Å². The molecule has 0 aliphatic heterocycles. The van der Waals surface area contributed by atoms with E-state index >= 15 is 0 Å². The highest BCUT2D eigenvalue weighted by Gasteiger charge is 2.24. The predicted octanol–water partition coefficient (Wildman–Crippen LogP) is 2.35. The number of benzene rings is 1. The average molecular weight is 332 g/mol. The van der Waals surface area contributed by atoms with Gasteiger partial charge in [0, 0.05) is 18.3 Å². The van der Waals surface area contributed by atoms with Crippen molar-refractivity contribution in [1.29, 1.82) is 0 Å². The fourth-order valence-electron chi connectivity index (χ4n) is 3.12. The third-order valence-electron chi connectivity index (χ3n) is 4.32. The van der Waals surface area contributed by atoms with Crippen LogP contribution < -0.4 is 15.2 Å². The zero-order chi connectivity index (χ0) is 17.5. The van der Waals surface area contributed by atoms with Crippen molar-refractivity contribution in [3.8, 4) is 5.75 Å². The van der Waals surface area contributed by atoms with Gasteiger partial charge in [0.2, 0.25) is 5.91 Å². The second-order valence-electron chi connectivity index (χ2n) is 6.71. The summed E-state index contributed by atoms with van der Waals surface area (Å²) in [7, 11) is 0. The molecule has 1 amide bonds. The van der Waals surface area contributed by atoms with Crippen LogP contribution in [0.3, 0.4) is 0 Å². The molecule has 0 heterocycles. The molecule has 24 heavy (non-hydrogen) atoms. The number of nitrogens with one attached hydrogen (secondary N) is 1. The van der Waals surface area contributed by atoms with Crippen molar-refractivity contribution in [1.82, 2.24) is 5.32 Å². The minimum absolute atomic E-state index is 0.00782. The molecule has 5 heteroatoms. The Hall–Kier alpha value is -2.04. The fraction of sp³-hybridized carbons (Fsp3) is 0.579. The van der Waals surface area contributed by atoms with E-state index in [-0.39, 0.29) is 24.3 Å². The van der Waals surface area contributed by atoms with E-state index in [1.807, 2.05) is 13.8 Å². The molecule has 0 radical (unpaired) electrons. The molecule has 1 aromatic rings. The molecular formula is C19H26NO4-. The van der Waals surface area contributed by atoms with Crippen LogP contribution in [0.25, 0.3) is 0 Å². The number of hydrogen-bond donors (Lipinski definition) is 1. The van der Waals surface area contributed by atoms with Gasteiger partial charge in [-0.15, -0.1) is 0 Å². The number of rotatable bonds is 7. The predicted molar refractivity (Wildman–Crippen MR) is 89.3 cm³/mol. The highest BCUT2D eigenvalue weighted by Crippen LogP contribution is 2.26. The number of hydrogen-bond acceptors (Lipinski definition) is 4. The topological polar surface area (TPSA) is 78.5 Å². The third-order valence-corrected chi connectivity index (χ3v) is 4.32. The largest absolute Gasteiger partial charge is 0.550 e. The van der Waals surface area contributed by atoms with Crippen molar-refractivity contribution in [2.24, 2.45) is 5.92 Å². The van der Waals surface area contributed by atoms with E-state index in [9.17, 15) is 14.7 Å². The van der Waals surface area contributed by atoms with Crippen LogP contribution in [-0.4, -0.2) is 18.0 Å². The van der Waals surface area contributed by atoms with Gasteiger partial charge in [0.05, 0.1) is 12.1 Å². The lowest BCUT2D eigenvalue weighted by Crippen LogP contribution is -2.38. The van der Waals surface area contributed by atoms with Gasteiger partial charge < -0.3 is 20.0 Å². The van der Waals surface area contributed by atoms with Gasteiger partial charge in [-0.25, -0.2) is 0 Å². The molecule has 0 saturated heterocycles. The van der Waals surface area contributed by atoms with Crippen molar-refractivity contribution in [2.75, 3.05) is 0 Å². The number of carboxylic acid groups (broad SMARTS) is 1. The van der Waals surface area contributed by atoms with Crippen LogP contribution in [0, 0.1) is 5.92 Å². The molecule has 1 unspecified atom stereocenters. The number of aliphatic carboxylic acids is 1. The fourth-order valence-corrected chi connectivity index (χ4v) is 3.12. The van der Waals surface area contributed by atoms with Gasteiger partial charge in [0.15, 0.2) is 0 Å². The van der Waals surface area contributed by atoms with E-state index in [4.69, 9.17) is 4.74 Å². The first-order valence-corrected chi connectivity index (χ1v) is 8.72. The average Bonchev–Trinajstić information content (AvgIpc) is 2.55. The minimum Gasteiger partial charge on any atom is -0.550 e. The Kier molecular flexibility index (Phi) is 6.64. The lowest BCUT2D eigenvalue weighted by Gasteiger charge is -2.25. The summed E-state index contributed by atoms with van der Waals surface area (Å²) >= 11 is 0. The SMILES string of the molecule is CC(C)Oc1ccc(C(CC(=O)[O-])NC(=O)C2CCCCC2)cc1. The monoisotopic (exact) mass is 332 g/mol. The molecule has 0 spiro atoms. The summed E-state index contributed by atoms with van der Waals surface area (Å²) < 4.78 is 5.59. The van der Waals surface area contributed by atoms with Crippen LogP contribution in [0.1, 0.15) is 64.0 Å². The first kappa shape index (κ1) is 18.3. The second-order valence-corrected chi connectivity index (χ2v) is 6.71. The first-order chi connectivity index (χ1) is 11.5. The standard InChI is InChI=1S/C19H27NO4/c1-13(2)24-16-10-8-14(9-11-16)17(12-18(21)22)20-19(23)15-6-4-3-5-7-15/h8-11,13,15,17H,3-7,12H2,1-2H3,(H,20,23)(H,21,22)/p-1. The molecular weight excluding hydrogens is 306 g/mol. The molecule has 1 aliphatic rings. The molecule has 1 atom stereocenters. The number of carboxylic acids is 1. The van der Waals surface area contributed by atoms with Gasteiger partial charge in [0.1, 0.15) is 5.75 Å². The van der Waals surface area contributed by atoms with E-state index in [0.29, 0.717) is 0 Å². The van der Waals surface area contributed by atoms with Crippen molar-refractivity contribution in [3.05, 3.63) is 29.8 Å². The Morgan fingerprint density at radius 1 is 1.17 bits per heavy atom. The van der Waals surface area contributed by atoms with E-state index in [1.54, 1.807) is 24.3 Å². The van der Waals surface area contributed by atoms with E-state index in [0.717, 1.165) is 37.0 Å². The van der Waals surface area contributed by atoms with Crippen LogP contribution >= 0.6 is 0 Å². The summed E-state index contributed by atoms with van der Waals surface area (Å²) in [6.45, 7) is 3.88. The van der Waals surface area contributed by atoms with E-state index < -0.39 is 12.0 Å². The molecule has 1 saturated carbocycles. The highest BCUT2D eigenvalue weighted by molar-refractivity contribution is 5.80. The van der Waals surface area contributed by atoms with E-state index in [2.05, 4.69) is 5.32 Å². The molecule has 0 aromatic heterocycles. The van der Waals surface area contributed by atoms with Crippen molar-refractivity contribution >= 4 is 11.9 Å². The number of carbonyl (C=O) groups is 2. The smallest absolute Gasteiger partial charge is 0.223 e. The number of carbonyl (C=O) groups excluding carboxylic acids is 2. The molecule has 1 aliphatic carbocycles. The van der Waals surface area contributed by atoms with Gasteiger partial charge in [-0.1, -0.05) is 31.4 Å². The first-order valence-electron chi connectivity index (χ1n) is 8.72. The van der Waals surface area contributed by atoms with Crippen LogP contribution in [0.4, 0.5) is 0 Å². The Labute approximate surface area is 143 Å². The van der Waals surface area contributed by atoms with Gasteiger partial charge in [-0.2, -0.15) is 0 Å². The van der Waals surface area contributed by atoms with Crippen LogP contribution in [0.5, 0.6) is 5.75 Å². The summed E-state index contributed by atoms with van der Waals surface area (Å²) in [5, 5.41) is 14.0. The lowest BCUT2D eigenvalue weighted by molar-refractivity contribution is -0.306. The molecule has 5 nitrogen and oxygen atoms in total. The summed E-state index contributed by atoms with van der Waals surface area (Å²) in [5.74, 6) is -0.513. The van der Waals surface area contributed by atoms with Gasteiger partial charge in [-0.05, 0) is 44.4 Å². The molecule has 2 rings (SSSR count). The van der Waals surface area contributed by atoms with Crippen molar-refractivity contribution in [3.63, 3.8) is 0 Å². The molecule has 1 aromatic carbocycles. The Balaban J connectivity index is 2.06. The Morgan fingerprint density at radius 2 is 1.79 bits per heavy atom. The van der Waals surface area contributed by atoms with Gasteiger partial charge in [-0.3, -0.25) is 4.79 Å². The summed E-state index contributed by atoms with van der Waals surface area (Å²) in [6, 6.07) is 6.62. The zero-order valence-electron chi connectivity index (χ0n) is 14.4. The lowest BCUT2D eigenvalue weighted by atomic mass is 9.88. The third kappa shape index (κ3) is 5.55. The quantitative estimate of drug-likeness (QED) is 0.831. The molecule has 1 N–H and O–H groups in total. The number of amides is 1. The summed E-state index contributed by atoms with van der Waals surface area (Å²) in [5.41, 5.74) is 0.750. The molecule has 132 valence electrons. The van der Waals surface area contributed by atoms with Crippen LogP contribution in [0.2, 0.25) is 0 Å². The second kappa shape index (κ2) is 8.71. The highest BCUT2D eigenvalue weighted by atomic mass is 16.5. The normalized spacial score (nSPS) is 16.6. The zero-order valence-corrected chi connectivity index (χ0v) is 14.4. The maximum Gasteiger partial charge on any atom is 0.223 e. The summed E-state index contributed by atoms with van der Waals surface area (Å²) in [4.78, 5) is 23.5. The van der Waals surface area contributed by atoms with Crippen molar-refractivity contribution in [2.45, 2.75) is 64.5 Å². The van der Waals surface area contributed by atoms with Crippen molar-refractivity contribution < 1.29 is 19.4 Å². The maximum absolute atomic E-state index is 12.4. The van der Waals surface area contributed by atoms with Crippen LogP contribution in [0.15, 0.2) is 24.3 Å². The Bertz CT molecular complexity index is 547. The summed E-state index contributed by atoms with van der Waals surface area (Å²) in [6.07, 6.45) is 4.89. The molecule has 0 bridgehead atoms. The molecule has 1 fully saturated rings.